The summed E-state index contributed by atoms with van der Waals surface area (Å²) in [4.78, 5) is 11.1. The van der Waals surface area contributed by atoms with Crippen molar-refractivity contribution in [3.05, 3.63) is 29.8 Å². The second kappa shape index (κ2) is 4.05. The molecule has 0 aliphatic heterocycles. The average Bonchev–Trinajstić information content (AvgIpc) is 2.16. The maximum absolute atomic E-state index is 11.1. The van der Waals surface area contributed by atoms with E-state index in [1.165, 1.54) is 12.8 Å². The largest absolute Gasteiger partial charge is 0.382 e. The van der Waals surface area contributed by atoms with Crippen molar-refractivity contribution < 1.29 is 4.79 Å². The molecule has 0 saturated heterocycles. The van der Waals surface area contributed by atoms with Gasteiger partial charge in [-0.2, -0.15) is 0 Å². The average molecular weight is 203 g/mol. The van der Waals surface area contributed by atoms with Gasteiger partial charge in [0.25, 0.3) is 0 Å². The van der Waals surface area contributed by atoms with Crippen LogP contribution in [-0.2, 0) is 0 Å². The van der Waals surface area contributed by atoms with E-state index in [9.17, 15) is 4.79 Å². The first kappa shape index (κ1) is 10.2. The van der Waals surface area contributed by atoms with Gasteiger partial charge in [-0.05, 0) is 49.9 Å². The van der Waals surface area contributed by atoms with Crippen molar-refractivity contribution in [2.24, 2.45) is 5.92 Å². The second-order valence-electron chi connectivity index (χ2n) is 4.55. The standard InChI is InChI=1S/C13H17NO/c1-9-7-13(8-9)14-12-5-3-11(4-6-12)10(2)15/h3-6,9,13-14H,7-8H2,1-2H3. The lowest BCUT2D eigenvalue weighted by atomic mass is 9.82. The number of hydrogen-bond acceptors (Lipinski definition) is 2. The molecule has 1 fully saturated rings. The normalized spacial score (nSPS) is 24.4. The SMILES string of the molecule is CC(=O)c1ccc(NC2CC(C)C2)cc1. The topological polar surface area (TPSA) is 29.1 Å². The first-order chi connectivity index (χ1) is 7.15. The molecule has 0 bridgehead atoms. The van der Waals surface area contributed by atoms with E-state index >= 15 is 0 Å². The van der Waals surface area contributed by atoms with Crippen molar-refractivity contribution in [1.29, 1.82) is 0 Å². The van der Waals surface area contributed by atoms with Crippen molar-refractivity contribution in [2.45, 2.75) is 32.7 Å². The lowest BCUT2D eigenvalue weighted by Crippen LogP contribution is -2.33. The molecule has 0 heterocycles. The Bertz CT molecular complexity index is 349. The third kappa shape index (κ3) is 2.38. The van der Waals surface area contributed by atoms with E-state index in [0.717, 1.165) is 17.2 Å². The van der Waals surface area contributed by atoms with E-state index in [1.54, 1.807) is 6.92 Å². The Morgan fingerprint density at radius 1 is 1.27 bits per heavy atom. The molecule has 0 aromatic heterocycles. The number of nitrogens with one attached hydrogen (secondary N) is 1. The molecule has 0 radical (unpaired) electrons. The van der Waals surface area contributed by atoms with Gasteiger partial charge < -0.3 is 5.32 Å². The molecule has 2 nitrogen and oxygen atoms in total. The first-order valence-electron chi connectivity index (χ1n) is 5.52. The lowest BCUT2D eigenvalue weighted by molar-refractivity contribution is 0.101. The highest BCUT2D eigenvalue weighted by molar-refractivity contribution is 5.94. The molecule has 2 heteroatoms. The number of anilines is 1. The summed E-state index contributed by atoms with van der Waals surface area (Å²) in [6, 6.07) is 8.36. The van der Waals surface area contributed by atoms with E-state index in [2.05, 4.69) is 12.2 Å². The fourth-order valence-electron chi connectivity index (χ4n) is 2.06. The minimum absolute atomic E-state index is 0.124. The van der Waals surface area contributed by atoms with Crippen molar-refractivity contribution in [3.63, 3.8) is 0 Å². The molecule has 80 valence electrons. The smallest absolute Gasteiger partial charge is 0.159 e. The van der Waals surface area contributed by atoms with Gasteiger partial charge in [-0.25, -0.2) is 0 Å². The van der Waals surface area contributed by atoms with Crippen LogP contribution in [0, 0.1) is 5.92 Å². The molecule has 0 unspecified atom stereocenters. The molecular weight excluding hydrogens is 186 g/mol. The number of carbonyl (C=O) groups is 1. The predicted molar refractivity (Wildman–Crippen MR) is 62.3 cm³/mol. The van der Waals surface area contributed by atoms with Gasteiger partial charge in [0.05, 0.1) is 0 Å². The van der Waals surface area contributed by atoms with E-state index < -0.39 is 0 Å². The number of benzene rings is 1. The molecule has 1 aliphatic carbocycles. The van der Waals surface area contributed by atoms with Crippen LogP contribution in [0.1, 0.15) is 37.0 Å². The molecule has 1 aliphatic rings. The maximum atomic E-state index is 11.1. The van der Waals surface area contributed by atoms with Gasteiger partial charge in [0.2, 0.25) is 0 Å². The van der Waals surface area contributed by atoms with Crippen molar-refractivity contribution >= 4 is 11.5 Å². The van der Waals surface area contributed by atoms with Crippen LogP contribution in [0.15, 0.2) is 24.3 Å². The van der Waals surface area contributed by atoms with Crippen molar-refractivity contribution in [1.82, 2.24) is 0 Å². The number of carbonyl (C=O) groups excluding carboxylic acids is 1. The molecule has 0 amide bonds. The number of hydrogen-bond donors (Lipinski definition) is 1. The Morgan fingerprint density at radius 3 is 2.33 bits per heavy atom. The van der Waals surface area contributed by atoms with Gasteiger partial charge in [0.1, 0.15) is 0 Å². The van der Waals surface area contributed by atoms with Crippen LogP contribution in [0.3, 0.4) is 0 Å². The molecular formula is C13H17NO. The van der Waals surface area contributed by atoms with E-state index in [4.69, 9.17) is 0 Å². The van der Waals surface area contributed by atoms with Crippen molar-refractivity contribution in [2.75, 3.05) is 5.32 Å². The Kier molecular flexibility index (Phi) is 2.76. The van der Waals surface area contributed by atoms with Crippen LogP contribution in [0.2, 0.25) is 0 Å². The van der Waals surface area contributed by atoms with Gasteiger partial charge >= 0.3 is 0 Å². The number of ketones is 1. The second-order valence-corrected chi connectivity index (χ2v) is 4.55. The van der Waals surface area contributed by atoms with Crippen LogP contribution >= 0.6 is 0 Å². The maximum Gasteiger partial charge on any atom is 0.159 e. The molecule has 0 atom stereocenters. The zero-order chi connectivity index (χ0) is 10.8. The minimum atomic E-state index is 0.124. The van der Waals surface area contributed by atoms with Crippen LogP contribution in [-0.4, -0.2) is 11.8 Å². The van der Waals surface area contributed by atoms with Gasteiger partial charge in [0.15, 0.2) is 5.78 Å². The summed E-state index contributed by atoms with van der Waals surface area (Å²) in [7, 11) is 0. The Balaban J connectivity index is 1.95. The van der Waals surface area contributed by atoms with Crippen LogP contribution in [0.25, 0.3) is 0 Å². The van der Waals surface area contributed by atoms with E-state index in [0.29, 0.717) is 6.04 Å². The van der Waals surface area contributed by atoms with Crippen molar-refractivity contribution in [3.8, 4) is 0 Å². The highest BCUT2D eigenvalue weighted by Gasteiger charge is 2.24. The predicted octanol–water partition coefficient (Wildman–Crippen LogP) is 3.10. The number of rotatable bonds is 3. The molecule has 1 aromatic carbocycles. The Morgan fingerprint density at radius 2 is 1.87 bits per heavy atom. The highest BCUT2D eigenvalue weighted by atomic mass is 16.1. The molecule has 1 saturated carbocycles. The fraction of sp³-hybridized carbons (Fsp3) is 0.462. The minimum Gasteiger partial charge on any atom is -0.382 e. The Hall–Kier alpha value is -1.31. The summed E-state index contributed by atoms with van der Waals surface area (Å²) in [6.45, 7) is 3.87. The highest BCUT2D eigenvalue weighted by Crippen LogP contribution is 2.29. The summed E-state index contributed by atoms with van der Waals surface area (Å²) >= 11 is 0. The fourth-order valence-corrected chi connectivity index (χ4v) is 2.06. The van der Waals surface area contributed by atoms with Gasteiger partial charge in [-0.15, -0.1) is 0 Å². The summed E-state index contributed by atoms with van der Waals surface area (Å²) in [5.74, 6) is 0.984. The monoisotopic (exact) mass is 203 g/mol. The molecule has 2 rings (SSSR count). The summed E-state index contributed by atoms with van der Waals surface area (Å²) < 4.78 is 0. The zero-order valence-electron chi connectivity index (χ0n) is 9.29. The van der Waals surface area contributed by atoms with Crippen LogP contribution in [0.4, 0.5) is 5.69 Å². The zero-order valence-corrected chi connectivity index (χ0v) is 9.29. The van der Waals surface area contributed by atoms with Gasteiger partial charge in [-0.3, -0.25) is 4.79 Å². The third-order valence-corrected chi connectivity index (χ3v) is 3.04. The molecule has 1 aromatic rings. The van der Waals surface area contributed by atoms with E-state index in [-0.39, 0.29) is 5.78 Å². The Labute approximate surface area is 90.7 Å². The summed E-state index contributed by atoms with van der Waals surface area (Å²) in [5, 5.41) is 3.46. The van der Waals surface area contributed by atoms with Gasteiger partial charge in [-0.1, -0.05) is 6.92 Å². The summed E-state index contributed by atoms with van der Waals surface area (Å²) in [5.41, 5.74) is 1.90. The quantitative estimate of drug-likeness (QED) is 0.765. The van der Waals surface area contributed by atoms with Crippen LogP contribution in [0.5, 0.6) is 0 Å². The van der Waals surface area contributed by atoms with Gasteiger partial charge in [0, 0.05) is 17.3 Å². The molecule has 0 spiro atoms. The molecule has 1 N–H and O–H groups in total. The van der Waals surface area contributed by atoms with E-state index in [1.807, 2.05) is 24.3 Å². The lowest BCUT2D eigenvalue weighted by Gasteiger charge is -2.34. The summed E-state index contributed by atoms with van der Waals surface area (Å²) in [6.07, 6.45) is 2.52. The third-order valence-electron chi connectivity index (χ3n) is 3.04. The first-order valence-corrected chi connectivity index (χ1v) is 5.52. The van der Waals surface area contributed by atoms with Crippen LogP contribution < -0.4 is 5.32 Å². The number of Topliss-reactive ketones (excluding diaryl/α,β-unsaturated/α-hetero) is 1. The molecule has 15 heavy (non-hydrogen) atoms.